The van der Waals surface area contributed by atoms with Gasteiger partial charge in [0.1, 0.15) is 5.69 Å². The van der Waals surface area contributed by atoms with Crippen molar-refractivity contribution >= 4 is 16.8 Å². The number of aryl methyl sites for hydroxylation is 1. The largest absolute Gasteiger partial charge is 0.454 e. The highest BCUT2D eigenvalue weighted by atomic mass is 16.7. The van der Waals surface area contributed by atoms with Gasteiger partial charge in [-0.25, -0.2) is 0 Å². The second kappa shape index (κ2) is 5.35. The minimum atomic E-state index is -0.127. The molecule has 0 fully saturated rings. The maximum absolute atomic E-state index is 12.3. The Hall–Kier alpha value is -2.95. The molecule has 1 aliphatic rings. The Morgan fingerprint density at radius 3 is 2.91 bits per heavy atom. The van der Waals surface area contributed by atoms with Crippen molar-refractivity contribution in [2.45, 2.75) is 13.5 Å². The van der Waals surface area contributed by atoms with Crippen LogP contribution in [0.3, 0.4) is 0 Å². The van der Waals surface area contributed by atoms with Crippen molar-refractivity contribution in [2.24, 2.45) is 0 Å². The van der Waals surface area contributed by atoms with Gasteiger partial charge in [0.15, 0.2) is 11.5 Å². The van der Waals surface area contributed by atoms with Crippen LogP contribution >= 0.6 is 0 Å². The SMILES string of the molecule is Cc1cccc2[nH]c(C(=O)NCc3ccc4c(c3)OCO4)cc12. The molecule has 0 aliphatic carbocycles. The van der Waals surface area contributed by atoms with Crippen LogP contribution < -0.4 is 14.8 Å². The number of hydrogen-bond acceptors (Lipinski definition) is 3. The number of rotatable bonds is 3. The third kappa shape index (κ3) is 2.50. The van der Waals surface area contributed by atoms with E-state index in [1.165, 1.54) is 0 Å². The molecule has 2 heterocycles. The summed E-state index contributed by atoms with van der Waals surface area (Å²) < 4.78 is 10.6. The number of amides is 1. The quantitative estimate of drug-likeness (QED) is 0.781. The number of aromatic amines is 1. The molecule has 2 N–H and O–H groups in total. The lowest BCUT2D eigenvalue weighted by Crippen LogP contribution is -2.23. The Balaban J connectivity index is 1.50. The van der Waals surface area contributed by atoms with Crippen LogP contribution in [0.25, 0.3) is 10.9 Å². The lowest BCUT2D eigenvalue weighted by Gasteiger charge is -2.05. The van der Waals surface area contributed by atoms with Crippen LogP contribution in [0.2, 0.25) is 0 Å². The van der Waals surface area contributed by atoms with Crippen molar-refractivity contribution in [1.82, 2.24) is 10.3 Å². The summed E-state index contributed by atoms with van der Waals surface area (Å²) in [6.07, 6.45) is 0. The number of carbonyl (C=O) groups excluding carboxylic acids is 1. The Bertz CT molecular complexity index is 898. The highest BCUT2D eigenvalue weighted by Gasteiger charge is 2.14. The number of nitrogens with one attached hydrogen (secondary N) is 2. The molecule has 0 unspecified atom stereocenters. The average Bonchev–Trinajstić information content (AvgIpc) is 3.19. The zero-order valence-electron chi connectivity index (χ0n) is 12.7. The lowest BCUT2D eigenvalue weighted by molar-refractivity contribution is 0.0946. The van der Waals surface area contributed by atoms with Gasteiger partial charge in [0.25, 0.3) is 5.91 Å². The van der Waals surface area contributed by atoms with E-state index in [1.54, 1.807) is 0 Å². The zero-order valence-corrected chi connectivity index (χ0v) is 12.7. The Kier molecular flexibility index (Phi) is 3.19. The van der Waals surface area contributed by atoms with Gasteiger partial charge in [-0.15, -0.1) is 0 Å². The molecular weight excluding hydrogens is 292 g/mol. The van der Waals surface area contributed by atoms with E-state index in [0.29, 0.717) is 12.2 Å². The standard InChI is InChI=1S/C18H16N2O3/c1-11-3-2-4-14-13(11)8-15(20-14)18(21)19-9-12-5-6-16-17(7-12)23-10-22-16/h2-8,20H,9-10H2,1H3,(H,19,21). The maximum Gasteiger partial charge on any atom is 0.267 e. The Morgan fingerprint density at radius 1 is 1.17 bits per heavy atom. The molecule has 1 aromatic heterocycles. The Morgan fingerprint density at radius 2 is 2.04 bits per heavy atom. The number of hydrogen-bond donors (Lipinski definition) is 2. The second-order valence-electron chi connectivity index (χ2n) is 5.59. The minimum Gasteiger partial charge on any atom is -0.454 e. The van der Waals surface area contributed by atoms with Crippen molar-refractivity contribution in [1.29, 1.82) is 0 Å². The highest BCUT2D eigenvalue weighted by molar-refractivity contribution is 5.98. The summed E-state index contributed by atoms with van der Waals surface area (Å²) in [7, 11) is 0. The topological polar surface area (TPSA) is 63.4 Å². The van der Waals surface area contributed by atoms with Crippen LogP contribution in [0.1, 0.15) is 21.6 Å². The number of aromatic nitrogens is 1. The highest BCUT2D eigenvalue weighted by Crippen LogP contribution is 2.32. The van der Waals surface area contributed by atoms with Gasteiger partial charge >= 0.3 is 0 Å². The molecule has 0 spiro atoms. The molecule has 1 amide bonds. The molecule has 5 nitrogen and oxygen atoms in total. The first-order valence-corrected chi connectivity index (χ1v) is 7.46. The van der Waals surface area contributed by atoms with Gasteiger partial charge in [-0.3, -0.25) is 4.79 Å². The fourth-order valence-electron chi connectivity index (χ4n) is 2.76. The zero-order chi connectivity index (χ0) is 15.8. The van der Waals surface area contributed by atoms with Crippen molar-refractivity contribution in [3.05, 3.63) is 59.3 Å². The molecule has 0 bridgehead atoms. The summed E-state index contributed by atoms with van der Waals surface area (Å²) in [6.45, 7) is 2.72. The third-order valence-electron chi connectivity index (χ3n) is 4.02. The van der Waals surface area contributed by atoms with Gasteiger partial charge in [-0.05, 0) is 42.3 Å². The number of carbonyl (C=O) groups is 1. The van der Waals surface area contributed by atoms with Crippen LogP contribution in [0.15, 0.2) is 42.5 Å². The maximum atomic E-state index is 12.3. The molecule has 0 radical (unpaired) electrons. The molecule has 2 aromatic carbocycles. The van der Waals surface area contributed by atoms with E-state index in [0.717, 1.165) is 33.5 Å². The smallest absolute Gasteiger partial charge is 0.267 e. The minimum absolute atomic E-state index is 0.127. The number of ether oxygens (including phenoxy) is 2. The van der Waals surface area contributed by atoms with E-state index in [1.807, 2.05) is 49.4 Å². The molecule has 116 valence electrons. The summed E-state index contributed by atoms with van der Waals surface area (Å²) in [5.74, 6) is 1.34. The van der Waals surface area contributed by atoms with Crippen molar-refractivity contribution in [2.75, 3.05) is 6.79 Å². The molecule has 5 heteroatoms. The molecular formula is C18H16N2O3. The molecule has 4 rings (SSSR count). The fraction of sp³-hybridized carbons (Fsp3) is 0.167. The van der Waals surface area contributed by atoms with Gasteiger partial charge in [-0.1, -0.05) is 18.2 Å². The van der Waals surface area contributed by atoms with Crippen molar-refractivity contribution < 1.29 is 14.3 Å². The van der Waals surface area contributed by atoms with Gasteiger partial charge in [0.05, 0.1) is 0 Å². The molecule has 0 atom stereocenters. The first-order chi connectivity index (χ1) is 11.2. The molecule has 1 aliphatic heterocycles. The summed E-state index contributed by atoms with van der Waals surface area (Å²) in [6, 6.07) is 13.5. The number of fused-ring (bicyclic) bond motifs is 2. The molecule has 0 saturated heterocycles. The predicted molar refractivity (Wildman–Crippen MR) is 86.8 cm³/mol. The van der Waals surface area contributed by atoms with Gasteiger partial charge in [-0.2, -0.15) is 0 Å². The van der Waals surface area contributed by atoms with Gasteiger partial charge < -0.3 is 19.8 Å². The van der Waals surface area contributed by atoms with E-state index < -0.39 is 0 Å². The molecule has 0 saturated carbocycles. The van der Waals surface area contributed by atoms with E-state index in [4.69, 9.17) is 9.47 Å². The first kappa shape index (κ1) is 13.7. The number of H-pyrrole nitrogens is 1. The van der Waals surface area contributed by atoms with E-state index in [-0.39, 0.29) is 12.7 Å². The summed E-state index contributed by atoms with van der Waals surface area (Å²) in [4.78, 5) is 15.5. The van der Waals surface area contributed by atoms with E-state index >= 15 is 0 Å². The van der Waals surface area contributed by atoms with Crippen LogP contribution in [-0.2, 0) is 6.54 Å². The van der Waals surface area contributed by atoms with Crippen LogP contribution in [-0.4, -0.2) is 17.7 Å². The lowest BCUT2D eigenvalue weighted by atomic mass is 10.1. The predicted octanol–water partition coefficient (Wildman–Crippen LogP) is 3.14. The molecule has 23 heavy (non-hydrogen) atoms. The van der Waals surface area contributed by atoms with Crippen molar-refractivity contribution in [3.63, 3.8) is 0 Å². The van der Waals surface area contributed by atoms with Crippen molar-refractivity contribution in [3.8, 4) is 11.5 Å². The monoisotopic (exact) mass is 308 g/mol. The normalized spacial score (nSPS) is 12.6. The van der Waals surface area contributed by atoms with Gasteiger partial charge in [0.2, 0.25) is 6.79 Å². The second-order valence-corrected chi connectivity index (χ2v) is 5.59. The summed E-state index contributed by atoms with van der Waals surface area (Å²) in [5.41, 5.74) is 3.65. The molecule has 3 aromatic rings. The van der Waals surface area contributed by atoms with Crippen LogP contribution in [0.5, 0.6) is 11.5 Å². The Labute approximate surface area is 133 Å². The summed E-state index contributed by atoms with van der Waals surface area (Å²) in [5, 5.41) is 3.99. The number of benzene rings is 2. The summed E-state index contributed by atoms with van der Waals surface area (Å²) >= 11 is 0. The third-order valence-corrected chi connectivity index (χ3v) is 4.02. The van der Waals surface area contributed by atoms with Crippen LogP contribution in [0.4, 0.5) is 0 Å². The van der Waals surface area contributed by atoms with Gasteiger partial charge in [0, 0.05) is 17.4 Å². The average molecular weight is 308 g/mol. The first-order valence-electron chi connectivity index (χ1n) is 7.46. The fourth-order valence-corrected chi connectivity index (χ4v) is 2.76. The van der Waals surface area contributed by atoms with Crippen LogP contribution in [0, 0.1) is 6.92 Å². The van der Waals surface area contributed by atoms with E-state index in [9.17, 15) is 4.79 Å². The van der Waals surface area contributed by atoms with E-state index in [2.05, 4.69) is 10.3 Å².